The number of cyclic esters (lactones) is 2. The standard InChI is InChI=1S/C30H30O11/c1-12-7-15(31)23-17(33)10-30(4,28-16(32)9-21(36)39-28)41-26(23)22(12)14-5-6-19-24(25(14)37)18(34)11-29(3,40-19)27-13(2)8-20(35)38-27/h5-7,13,16,27-28,31-32,37H,8-11H2,1-4H3/t13?,16-,27?,28-,29?,30+/m1/s1. The second-order valence-corrected chi connectivity index (χ2v) is 11.9. The van der Waals surface area contributed by atoms with Gasteiger partial charge in [0.15, 0.2) is 28.9 Å². The van der Waals surface area contributed by atoms with E-state index in [2.05, 4.69) is 0 Å². The van der Waals surface area contributed by atoms with E-state index in [0.29, 0.717) is 5.56 Å². The van der Waals surface area contributed by atoms with E-state index in [0.717, 1.165) is 0 Å². The number of hydrogen-bond donors (Lipinski definition) is 3. The molecule has 0 radical (unpaired) electrons. The predicted molar refractivity (Wildman–Crippen MR) is 140 cm³/mol. The Balaban J connectivity index is 1.45. The third kappa shape index (κ3) is 4.05. The largest absolute Gasteiger partial charge is 0.507 e. The van der Waals surface area contributed by atoms with Gasteiger partial charge in [-0.1, -0.05) is 6.92 Å². The molecule has 3 unspecified atom stereocenters. The second kappa shape index (κ2) is 8.94. The van der Waals surface area contributed by atoms with Crippen LogP contribution in [-0.4, -0.2) is 68.3 Å². The van der Waals surface area contributed by atoms with Crippen molar-refractivity contribution in [3.63, 3.8) is 0 Å². The Morgan fingerprint density at radius 3 is 2.05 bits per heavy atom. The molecule has 3 N–H and O–H groups in total. The summed E-state index contributed by atoms with van der Waals surface area (Å²) in [6, 6.07) is 4.40. The van der Waals surface area contributed by atoms with Gasteiger partial charge in [-0.3, -0.25) is 19.2 Å². The number of fused-ring (bicyclic) bond motifs is 2. The number of ether oxygens (including phenoxy) is 4. The average molecular weight is 567 g/mol. The highest BCUT2D eigenvalue weighted by Gasteiger charge is 2.54. The number of rotatable bonds is 3. The lowest BCUT2D eigenvalue weighted by molar-refractivity contribution is -0.152. The number of phenols is 2. The van der Waals surface area contributed by atoms with Crippen molar-refractivity contribution in [2.75, 3.05) is 0 Å². The maximum absolute atomic E-state index is 13.5. The molecule has 2 aromatic rings. The van der Waals surface area contributed by atoms with E-state index >= 15 is 0 Å². The second-order valence-electron chi connectivity index (χ2n) is 11.9. The van der Waals surface area contributed by atoms with Crippen LogP contribution < -0.4 is 9.47 Å². The lowest BCUT2D eigenvalue weighted by Crippen LogP contribution is -2.53. The lowest BCUT2D eigenvalue weighted by Gasteiger charge is -2.41. The van der Waals surface area contributed by atoms with Crippen LogP contribution in [0.3, 0.4) is 0 Å². The fourth-order valence-electron chi connectivity index (χ4n) is 6.77. The van der Waals surface area contributed by atoms with Crippen molar-refractivity contribution >= 4 is 23.5 Å². The summed E-state index contributed by atoms with van der Waals surface area (Å²) >= 11 is 0. The van der Waals surface area contributed by atoms with Gasteiger partial charge in [-0.05, 0) is 44.5 Å². The van der Waals surface area contributed by atoms with Gasteiger partial charge in [-0.25, -0.2) is 0 Å². The minimum atomic E-state index is -1.47. The Labute approximate surface area is 235 Å². The van der Waals surface area contributed by atoms with E-state index < -0.39 is 52.8 Å². The molecule has 0 saturated carbocycles. The number of Topliss-reactive ketones (excluding diaryl/α,β-unsaturated/α-hetero) is 2. The van der Waals surface area contributed by atoms with Crippen molar-refractivity contribution in [3.05, 3.63) is 34.9 Å². The van der Waals surface area contributed by atoms with Gasteiger partial charge in [0.05, 0.1) is 25.7 Å². The fourth-order valence-corrected chi connectivity index (χ4v) is 6.77. The van der Waals surface area contributed by atoms with Crippen LogP contribution in [0.5, 0.6) is 23.0 Å². The first-order chi connectivity index (χ1) is 19.2. The van der Waals surface area contributed by atoms with Crippen molar-refractivity contribution < 1.29 is 53.4 Å². The van der Waals surface area contributed by atoms with Gasteiger partial charge >= 0.3 is 11.9 Å². The molecule has 11 heteroatoms. The smallest absolute Gasteiger partial charge is 0.309 e. The number of aliphatic hydroxyl groups excluding tert-OH is 1. The molecule has 0 bridgehead atoms. The Bertz CT molecular complexity index is 1540. The van der Waals surface area contributed by atoms with Gasteiger partial charge in [0.2, 0.25) is 0 Å². The number of benzene rings is 2. The number of esters is 2. The van der Waals surface area contributed by atoms with Crippen LogP contribution in [-0.2, 0) is 19.1 Å². The molecule has 4 heterocycles. The minimum Gasteiger partial charge on any atom is -0.507 e. The lowest BCUT2D eigenvalue weighted by atomic mass is 9.80. The summed E-state index contributed by atoms with van der Waals surface area (Å²) in [5.74, 6) is -2.76. The SMILES string of the molecule is Cc1cc(O)c2c(c1-c1ccc3c(c1O)C(=O)CC(C)(C1OC(=O)CC1C)O3)O[C@](C)([C@@H]1OC(=O)C[C@H]1O)CC2=O. The van der Waals surface area contributed by atoms with Gasteiger partial charge < -0.3 is 34.3 Å². The molecule has 4 aliphatic rings. The molecular formula is C30H30O11. The highest BCUT2D eigenvalue weighted by atomic mass is 16.6. The summed E-state index contributed by atoms with van der Waals surface area (Å²) < 4.78 is 23.3. The molecule has 6 atom stereocenters. The topological polar surface area (TPSA) is 166 Å². The highest BCUT2D eigenvalue weighted by molar-refractivity contribution is 6.08. The van der Waals surface area contributed by atoms with Crippen LogP contribution in [0, 0.1) is 12.8 Å². The first-order valence-corrected chi connectivity index (χ1v) is 13.5. The fraction of sp³-hybridized carbons (Fsp3) is 0.467. The van der Waals surface area contributed by atoms with E-state index in [1.807, 2.05) is 6.92 Å². The minimum absolute atomic E-state index is 0.0626. The maximum Gasteiger partial charge on any atom is 0.309 e. The van der Waals surface area contributed by atoms with Gasteiger partial charge in [-0.2, -0.15) is 0 Å². The Morgan fingerprint density at radius 1 is 0.829 bits per heavy atom. The van der Waals surface area contributed by atoms with Crippen LogP contribution in [0.25, 0.3) is 11.1 Å². The number of carbonyl (C=O) groups is 4. The molecule has 0 aromatic heterocycles. The van der Waals surface area contributed by atoms with Crippen molar-refractivity contribution in [2.45, 2.75) is 82.9 Å². The van der Waals surface area contributed by atoms with Crippen molar-refractivity contribution in [1.82, 2.24) is 0 Å². The van der Waals surface area contributed by atoms with Crippen LogP contribution in [0.2, 0.25) is 0 Å². The number of aryl methyl sites for hydroxylation is 1. The normalized spacial score (nSPS) is 32.5. The Kier molecular flexibility index (Phi) is 5.90. The molecule has 41 heavy (non-hydrogen) atoms. The van der Waals surface area contributed by atoms with Crippen LogP contribution in [0.1, 0.15) is 72.7 Å². The first-order valence-electron chi connectivity index (χ1n) is 13.5. The van der Waals surface area contributed by atoms with Gasteiger partial charge in [0, 0.05) is 17.0 Å². The number of hydrogen-bond acceptors (Lipinski definition) is 11. The first kappa shape index (κ1) is 27.1. The summed E-state index contributed by atoms with van der Waals surface area (Å²) in [6.07, 6.45) is -3.44. The quantitative estimate of drug-likeness (QED) is 0.467. The van der Waals surface area contributed by atoms with Crippen molar-refractivity contribution in [3.8, 4) is 34.1 Å². The van der Waals surface area contributed by atoms with Gasteiger partial charge in [0.25, 0.3) is 0 Å². The summed E-state index contributed by atoms with van der Waals surface area (Å²) in [4.78, 5) is 50.6. The molecule has 2 fully saturated rings. The van der Waals surface area contributed by atoms with Gasteiger partial charge in [-0.15, -0.1) is 0 Å². The number of aliphatic hydroxyl groups is 1. The van der Waals surface area contributed by atoms with Crippen molar-refractivity contribution in [1.29, 1.82) is 0 Å². The Hall–Kier alpha value is -4.12. The number of aromatic hydroxyl groups is 2. The zero-order valence-electron chi connectivity index (χ0n) is 23.0. The molecule has 6 rings (SSSR count). The van der Waals surface area contributed by atoms with E-state index in [9.17, 15) is 34.5 Å². The molecule has 2 aromatic carbocycles. The van der Waals surface area contributed by atoms with E-state index in [1.165, 1.54) is 25.1 Å². The van der Waals surface area contributed by atoms with E-state index in [4.69, 9.17) is 18.9 Å². The Morgan fingerprint density at radius 2 is 1.44 bits per heavy atom. The van der Waals surface area contributed by atoms with Gasteiger partial charge in [0.1, 0.15) is 46.3 Å². The van der Waals surface area contributed by atoms with Crippen molar-refractivity contribution in [2.24, 2.45) is 5.92 Å². The summed E-state index contributed by atoms with van der Waals surface area (Å²) in [7, 11) is 0. The molecule has 0 amide bonds. The molecule has 4 aliphatic heterocycles. The predicted octanol–water partition coefficient (Wildman–Crippen LogP) is 3.15. The molecule has 0 spiro atoms. The molecule has 0 aliphatic carbocycles. The molecule has 2 saturated heterocycles. The summed E-state index contributed by atoms with van der Waals surface area (Å²) in [5, 5.41) is 32.6. The maximum atomic E-state index is 13.5. The zero-order valence-corrected chi connectivity index (χ0v) is 23.0. The summed E-state index contributed by atoms with van der Waals surface area (Å²) in [5.41, 5.74) is -1.96. The average Bonchev–Trinajstić information content (AvgIpc) is 3.39. The third-order valence-corrected chi connectivity index (χ3v) is 8.58. The third-order valence-electron chi connectivity index (χ3n) is 8.58. The number of ketones is 2. The van der Waals surface area contributed by atoms with E-state index in [1.54, 1.807) is 13.8 Å². The zero-order chi connectivity index (χ0) is 29.6. The monoisotopic (exact) mass is 566 g/mol. The van der Waals surface area contributed by atoms with E-state index in [-0.39, 0.29) is 77.1 Å². The number of phenolic OH excluding ortho intramolecular Hbond substituents is 2. The molecule has 216 valence electrons. The van der Waals surface area contributed by atoms with Crippen LogP contribution >= 0.6 is 0 Å². The molecular weight excluding hydrogens is 536 g/mol. The van der Waals surface area contributed by atoms with Crippen LogP contribution in [0.15, 0.2) is 18.2 Å². The molecule has 11 nitrogen and oxygen atoms in total. The van der Waals surface area contributed by atoms with Crippen LogP contribution in [0.4, 0.5) is 0 Å². The summed E-state index contributed by atoms with van der Waals surface area (Å²) in [6.45, 7) is 6.72. The highest BCUT2D eigenvalue weighted by Crippen LogP contribution is 2.53. The number of carbonyl (C=O) groups excluding carboxylic acids is 4.